The van der Waals surface area contributed by atoms with Crippen LogP contribution in [0.15, 0.2) is 36.0 Å². The highest BCUT2D eigenvalue weighted by Gasteiger charge is 2.69. The maximum atomic E-state index is 13.4. The van der Waals surface area contributed by atoms with E-state index >= 15 is 0 Å². The zero-order valence-electron chi connectivity index (χ0n) is 36.4. The molecule has 1 heterocycles. The number of carbonyl (C=O) groups excluding carboxylic acids is 1. The molecule has 7 nitrogen and oxygen atoms in total. The molecule has 0 aromatic rings. The molecule has 11 atom stereocenters. The van der Waals surface area contributed by atoms with Gasteiger partial charge in [-0.15, -0.1) is 6.58 Å². The van der Waals surface area contributed by atoms with Crippen LogP contribution in [0.25, 0.3) is 0 Å². The molecule has 0 aromatic carbocycles. The summed E-state index contributed by atoms with van der Waals surface area (Å²) >= 11 is 0. The molecule has 1 saturated heterocycles. The lowest BCUT2D eigenvalue weighted by molar-refractivity contribution is -0.218. The minimum Gasteiger partial charge on any atom is -0.481 e. The third kappa shape index (κ3) is 8.44. The Morgan fingerprint density at radius 3 is 2.38 bits per heavy atom. The Labute approximate surface area is 342 Å². The Morgan fingerprint density at radius 2 is 1.73 bits per heavy atom. The van der Waals surface area contributed by atoms with E-state index in [-0.39, 0.29) is 35.6 Å². The van der Waals surface area contributed by atoms with Crippen molar-refractivity contribution in [2.75, 3.05) is 44.4 Å². The van der Waals surface area contributed by atoms with Gasteiger partial charge in [0.1, 0.15) is 6.04 Å². The number of rotatable bonds is 8. The fourth-order valence-electron chi connectivity index (χ4n) is 14.2. The minimum atomic E-state index is -0.943. The molecule has 0 radical (unpaired) electrons. The summed E-state index contributed by atoms with van der Waals surface area (Å²) in [5.41, 5.74) is 4.54. The van der Waals surface area contributed by atoms with Gasteiger partial charge in [-0.25, -0.2) is 0 Å². The van der Waals surface area contributed by atoms with Crippen LogP contribution < -0.4 is 5.32 Å². The van der Waals surface area contributed by atoms with E-state index in [0.29, 0.717) is 46.8 Å². The predicted octanol–water partition coefficient (Wildman–Crippen LogP) is 9.70. The number of aliphatic carboxylic acids is 1. The van der Waals surface area contributed by atoms with Crippen LogP contribution in [0, 0.1) is 51.2 Å². The molecule has 5 fully saturated rings. The SMILES string of the molecule is C=CC.CC(=O)O.CCOC(=O)C1CS(=O)CCN1CCNC12CCC[C@@H]1C1CCC3C4(C)CC=C(C5=CCC(CF)CC5)C(C)(C)C4CCC3(C)[C@]1(C)CC2. The van der Waals surface area contributed by atoms with E-state index in [1.807, 2.05) is 13.8 Å². The Morgan fingerprint density at radius 1 is 1.02 bits per heavy atom. The molecular formula is C47H77FN2O5S. The average molecular weight is 801 g/mol. The number of carbonyl (C=O) groups is 2. The van der Waals surface area contributed by atoms with Crippen LogP contribution in [0.2, 0.25) is 0 Å². The monoisotopic (exact) mass is 801 g/mol. The standard InChI is InChI=1S/C42H67FN2O3S.C3H6.C2H4O2/c1-7-48-37(46)34-28-49(47)26-25-45(34)24-23-44-42-18-8-9-33(42)32-14-15-36-39(4)19-16-31(30-12-10-29(27-43)11-13-30)38(2,3)35(39)17-20-41(36,6)40(32,5)21-22-42;1-3-2;1-2(3)4/h12,16,29,32-36,44H,7-11,13-15,17-28H2,1-6H3;3H,1H2,2H3;1H3,(H,3,4)/t29?,32?,33-,34?,35?,36?,39?,40-,41?,42?,49?;;/m1../s1. The fraction of sp³-hybridized carbons (Fsp3) is 0.830. The molecule has 318 valence electrons. The average Bonchev–Trinajstić information content (AvgIpc) is 3.57. The first-order chi connectivity index (χ1) is 26.5. The second-order valence-electron chi connectivity index (χ2n) is 19.9. The van der Waals surface area contributed by atoms with Crippen molar-refractivity contribution < 1.29 is 28.0 Å². The summed E-state index contributed by atoms with van der Waals surface area (Å²) in [7, 11) is -0.943. The van der Waals surface area contributed by atoms with Crippen LogP contribution in [-0.4, -0.2) is 82.2 Å². The van der Waals surface area contributed by atoms with Crippen molar-refractivity contribution in [2.24, 2.45) is 51.2 Å². The Kier molecular flexibility index (Phi) is 14.7. The van der Waals surface area contributed by atoms with Crippen LogP contribution in [0.5, 0.6) is 0 Å². The molecule has 0 amide bonds. The topological polar surface area (TPSA) is 95.9 Å². The van der Waals surface area contributed by atoms with Crippen molar-refractivity contribution in [2.45, 2.75) is 150 Å². The molecule has 2 N–H and O–H groups in total. The van der Waals surface area contributed by atoms with Crippen molar-refractivity contribution in [3.05, 3.63) is 36.0 Å². The first-order valence-corrected chi connectivity index (χ1v) is 23.7. The normalized spacial score (nSPS) is 41.3. The van der Waals surface area contributed by atoms with Crippen molar-refractivity contribution in [3.8, 4) is 0 Å². The summed E-state index contributed by atoms with van der Waals surface area (Å²) in [5, 5.41) is 11.6. The summed E-state index contributed by atoms with van der Waals surface area (Å²) in [6.07, 6.45) is 22.9. The molecule has 9 unspecified atom stereocenters. The number of ether oxygens (including phenoxy) is 1. The van der Waals surface area contributed by atoms with Gasteiger partial charge in [0.15, 0.2) is 0 Å². The quantitative estimate of drug-likeness (QED) is 0.187. The van der Waals surface area contributed by atoms with Gasteiger partial charge in [-0.2, -0.15) is 0 Å². The summed E-state index contributed by atoms with van der Waals surface area (Å²) in [5.74, 6) is 3.17. The first kappa shape index (κ1) is 45.2. The van der Waals surface area contributed by atoms with E-state index in [4.69, 9.17) is 14.6 Å². The second kappa shape index (κ2) is 18.2. The van der Waals surface area contributed by atoms with E-state index in [0.717, 1.165) is 57.0 Å². The van der Waals surface area contributed by atoms with Crippen LogP contribution in [0.4, 0.5) is 4.39 Å². The molecule has 56 heavy (non-hydrogen) atoms. The van der Waals surface area contributed by atoms with Gasteiger partial charge in [0.25, 0.3) is 5.97 Å². The molecule has 4 saturated carbocycles. The van der Waals surface area contributed by atoms with Crippen molar-refractivity contribution >= 4 is 22.7 Å². The lowest BCUT2D eigenvalue weighted by Gasteiger charge is -2.72. The van der Waals surface area contributed by atoms with E-state index in [1.54, 1.807) is 11.6 Å². The van der Waals surface area contributed by atoms with Crippen LogP contribution >= 0.6 is 0 Å². The predicted molar refractivity (Wildman–Crippen MR) is 227 cm³/mol. The number of hydrogen-bond acceptors (Lipinski definition) is 6. The molecule has 9 heteroatoms. The number of halogens is 1. The summed E-state index contributed by atoms with van der Waals surface area (Å²) in [4.78, 5) is 24.0. The van der Waals surface area contributed by atoms with Gasteiger partial charge in [0.05, 0.1) is 13.3 Å². The number of alkyl halides is 1. The number of carboxylic acid groups (broad SMARTS) is 1. The molecule has 6 aliphatic carbocycles. The van der Waals surface area contributed by atoms with Crippen molar-refractivity contribution in [1.29, 1.82) is 0 Å². The number of esters is 1. The summed E-state index contributed by atoms with van der Waals surface area (Å²) in [6, 6.07) is -0.377. The van der Waals surface area contributed by atoms with E-state index in [9.17, 15) is 13.4 Å². The molecule has 0 aromatic heterocycles. The highest BCUT2D eigenvalue weighted by molar-refractivity contribution is 7.85. The highest BCUT2D eigenvalue weighted by Crippen LogP contribution is 2.76. The number of nitrogens with one attached hydrogen (secondary N) is 1. The van der Waals surface area contributed by atoms with Gasteiger partial charge in [0, 0.05) is 54.4 Å². The number of allylic oxidation sites excluding steroid dienone is 5. The van der Waals surface area contributed by atoms with Crippen LogP contribution in [-0.2, 0) is 25.1 Å². The molecular weight excluding hydrogens is 724 g/mol. The van der Waals surface area contributed by atoms with Gasteiger partial charge < -0.3 is 15.2 Å². The van der Waals surface area contributed by atoms with E-state index in [1.165, 1.54) is 69.8 Å². The Hall–Kier alpha value is -1.84. The zero-order chi connectivity index (χ0) is 41.1. The third-order valence-electron chi connectivity index (χ3n) is 16.8. The second-order valence-corrected chi connectivity index (χ2v) is 21.5. The molecule has 1 aliphatic heterocycles. The number of nitrogens with zero attached hydrogens (tertiary/aromatic N) is 1. The molecule has 0 spiro atoms. The minimum absolute atomic E-state index is 0.160. The highest BCUT2D eigenvalue weighted by atomic mass is 32.2. The molecule has 7 aliphatic rings. The fourth-order valence-corrected chi connectivity index (χ4v) is 15.5. The van der Waals surface area contributed by atoms with Crippen LogP contribution in [0.3, 0.4) is 0 Å². The Bertz CT molecular complexity index is 1510. The van der Waals surface area contributed by atoms with Gasteiger partial charge in [0.2, 0.25) is 0 Å². The number of fused-ring (bicyclic) bond motifs is 7. The largest absolute Gasteiger partial charge is 0.481 e. The molecule has 7 rings (SSSR count). The number of hydrogen-bond donors (Lipinski definition) is 2. The third-order valence-corrected chi connectivity index (χ3v) is 18.2. The van der Waals surface area contributed by atoms with Gasteiger partial charge in [-0.3, -0.25) is 23.1 Å². The maximum absolute atomic E-state index is 13.4. The van der Waals surface area contributed by atoms with E-state index in [2.05, 4.69) is 63.6 Å². The first-order valence-electron chi connectivity index (χ1n) is 22.2. The smallest absolute Gasteiger partial charge is 0.324 e. The number of carboxylic acids is 1. The lowest BCUT2D eigenvalue weighted by atomic mass is 9.33. The van der Waals surface area contributed by atoms with Crippen LogP contribution in [0.1, 0.15) is 139 Å². The molecule has 0 bridgehead atoms. The lowest BCUT2D eigenvalue weighted by Crippen LogP contribution is -2.67. The summed E-state index contributed by atoms with van der Waals surface area (Å²) in [6.45, 7) is 24.1. The Balaban J connectivity index is 0.000000795. The zero-order valence-corrected chi connectivity index (χ0v) is 37.2. The van der Waals surface area contributed by atoms with E-state index < -0.39 is 16.8 Å². The van der Waals surface area contributed by atoms with Gasteiger partial charge in [-0.05, 0) is 153 Å². The van der Waals surface area contributed by atoms with Crippen molar-refractivity contribution in [3.63, 3.8) is 0 Å². The maximum Gasteiger partial charge on any atom is 0.324 e. The van der Waals surface area contributed by atoms with Gasteiger partial charge >= 0.3 is 5.97 Å². The van der Waals surface area contributed by atoms with Gasteiger partial charge in [-0.1, -0.05) is 59.3 Å². The summed E-state index contributed by atoms with van der Waals surface area (Å²) < 4.78 is 31.2. The van der Waals surface area contributed by atoms with Crippen molar-refractivity contribution in [1.82, 2.24) is 10.2 Å².